The first-order valence-corrected chi connectivity index (χ1v) is 4.42. The summed E-state index contributed by atoms with van der Waals surface area (Å²) >= 11 is 0. The van der Waals surface area contributed by atoms with E-state index in [4.69, 9.17) is 10.5 Å². The van der Waals surface area contributed by atoms with E-state index in [1.165, 1.54) is 6.08 Å². The second kappa shape index (κ2) is 6.90. The molecule has 15 heavy (non-hydrogen) atoms. The molecular formula is C11H14ClNO2. The van der Waals surface area contributed by atoms with Crippen LogP contribution in [-0.2, 0) is 9.53 Å². The molecule has 0 heterocycles. The van der Waals surface area contributed by atoms with Crippen molar-refractivity contribution >= 4 is 30.1 Å². The molecule has 0 atom stereocenters. The second-order valence-electron chi connectivity index (χ2n) is 2.76. The third-order valence-electron chi connectivity index (χ3n) is 1.61. The number of anilines is 1. The summed E-state index contributed by atoms with van der Waals surface area (Å²) in [4.78, 5) is 11.0. The molecule has 0 aliphatic rings. The lowest BCUT2D eigenvalue weighted by molar-refractivity contribution is -0.137. The summed E-state index contributed by atoms with van der Waals surface area (Å²) in [5.41, 5.74) is 7.14. The van der Waals surface area contributed by atoms with Crippen molar-refractivity contribution in [2.45, 2.75) is 6.92 Å². The van der Waals surface area contributed by atoms with Crippen molar-refractivity contribution < 1.29 is 9.53 Å². The first-order chi connectivity index (χ1) is 6.72. The molecule has 0 aromatic heterocycles. The van der Waals surface area contributed by atoms with Gasteiger partial charge in [-0.2, -0.15) is 0 Å². The Morgan fingerprint density at radius 2 is 2.27 bits per heavy atom. The van der Waals surface area contributed by atoms with E-state index in [1.54, 1.807) is 25.1 Å². The Kier molecular flexibility index (Phi) is 6.22. The van der Waals surface area contributed by atoms with Crippen LogP contribution in [0.1, 0.15) is 12.5 Å². The van der Waals surface area contributed by atoms with Crippen LogP contribution in [0.3, 0.4) is 0 Å². The fourth-order valence-corrected chi connectivity index (χ4v) is 1.02. The van der Waals surface area contributed by atoms with Gasteiger partial charge in [-0.25, -0.2) is 4.79 Å². The zero-order valence-electron chi connectivity index (χ0n) is 8.47. The van der Waals surface area contributed by atoms with Gasteiger partial charge in [0.2, 0.25) is 0 Å². The van der Waals surface area contributed by atoms with Gasteiger partial charge >= 0.3 is 5.97 Å². The predicted octanol–water partition coefficient (Wildman–Crippen LogP) is 2.27. The number of rotatable bonds is 3. The topological polar surface area (TPSA) is 52.3 Å². The van der Waals surface area contributed by atoms with E-state index in [0.29, 0.717) is 12.3 Å². The Labute approximate surface area is 95.3 Å². The van der Waals surface area contributed by atoms with Crippen LogP contribution in [0.25, 0.3) is 6.08 Å². The van der Waals surface area contributed by atoms with Crippen molar-refractivity contribution in [2.75, 3.05) is 12.3 Å². The molecule has 0 saturated heterocycles. The molecule has 4 heteroatoms. The minimum atomic E-state index is -0.338. The minimum absolute atomic E-state index is 0. The number of nitrogens with two attached hydrogens (primary N) is 1. The second-order valence-corrected chi connectivity index (χ2v) is 2.76. The maximum Gasteiger partial charge on any atom is 0.330 e. The molecule has 0 amide bonds. The van der Waals surface area contributed by atoms with Crippen LogP contribution in [0.2, 0.25) is 0 Å². The fourth-order valence-electron chi connectivity index (χ4n) is 1.02. The highest BCUT2D eigenvalue weighted by molar-refractivity contribution is 5.87. The standard InChI is InChI=1S/C11H13NO2.ClH/c1-2-14-11(13)7-6-9-4-3-5-10(12)8-9;/h3-8H,2,12H2,1H3;1H. The quantitative estimate of drug-likeness (QED) is 0.490. The Balaban J connectivity index is 0.00000196. The Morgan fingerprint density at radius 3 is 2.87 bits per heavy atom. The van der Waals surface area contributed by atoms with Gasteiger partial charge in [0.25, 0.3) is 0 Å². The molecule has 0 bridgehead atoms. The molecular weight excluding hydrogens is 214 g/mol. The number of benzene rings is 1. The lowest BCUT2D eigenvalue weighted by Crippen LogP contribution is -1.98. The molecule has 0 aliphatic heterocycles. The third-order valence-corrected chi connectivity index (χ3v) is 1.61. The van der Waals surface area contributed by atoms with Crippen LogP contribution < -0.4 is 5.73 Å². The summed E-state index contributed by atoms with van der Waals surface area (Å²) in [6.45, 7) is 2.16. The van der Waals surface area contributed by atoms with Gasteiger partial charge in [0.05, 0.1) is 6.61 Å². The van der Waals surface area contributed by atoms with Gasteiger partial charge in [0.15, 0.2) is 0 Å². The maximum absolute atomic E-state index is 11.0. The van der Waals surface area contributed by atoms with Crippen LogP contribution in [0.15, 0.2) is 30.3 Å². The van der Waals surface area contributed by atoms with E-state index in [-0.39, 0.29) is 18.4 Å². The summed E-state index contributed by atoms with van der Waals surface area (Å²) in [5.74, 6) is -0.338. The predicted molar refractivity (Wildman–Crippen MR) is 63.8 cm³/mol. The third kappa shape index (κ3) is 5.08. The molecule has 0 unspecified atom stereocenters. The first-order valence-electron chi connectivity index (χ1n) is 4.42. The highest BCUT2D eigenvalue weighted by atomic mass is 35.5. The molecule has 0 spiro atoms. The number of esters is 1. The van der Waals surface area contributed by atoms with Crippen molar-refractivity contribution in [3.05, 3.63) is 35.9 Å². The monoisotopic (exact) mass is 227 g/mol. The molecule has 0 radical (unpaired) electrons. The minimum Gasteiger partial charge on any atom is -0.463 e. The van der Waals surface area contributed by atoms with E-state index in [2.05, 4.69) is 0 Å². The molecule has 1 aromatic carbocycles. The SMILES string of the molecule is CCOC(=O)C=Cc1cccc(N)c1.Cl. The van der Waals surface area contributed by atoms with Crippen molar-refractivity contribution in [1.29, 1.82) is 0 Å². The van der Waals surface area contributed by atoms with Crippen LogP contribution >= 0.6 is 12.4 Å². The molecule has 0 saturated carbocycles. The van der Waals surface area contributed by atoms with Gasteiger partial charge in [-0.15, -0.1) is 12.4 Å². The number of hydrogen-bond acceptors (Lipinski definition) is 3. The summed E-state index contributed by atoms with van der Waals surface area (Å²) < 4.78 is 4.74. The zero-order valence-corrected chi connectivity index (χ0v) is 9.29. The largest absolute Gasteiger partial charge is 0.463 e. The Morgan fingerprint density at radius 1 is 1.53 bits per heavy atom. The average molecular weight is 228 g/mol. The molecule has 0 aliphatic carbocycles. The normalized spacial score (nSPS) is 9.67. The smallest absolute Gasteiger partial charge is 0.330 e. The van der Waals surface area contributed by atoms with Crippen molar-refractivity contribution in [3.8, 4) is 0 Å². The number of halogens is 1. The first kappa shape index (κ1) is 13.5. The molecule has 1 aromatic rings. The molecule has 0 fully saturated rings. The lowest BCUT2D eigenvalue weighted by Gasteiger charge is -1.96. The van der Waals surface area contributed by atoms with E-state index in [0.717, 1.165) is 5.56 Å². The van der Waals surface area contributed by atoms with Gasteiger partial charge < -0.3 is 10.5 Å². The lowest BCUT2D eigenvalue weighted by atomic mass is 10.2. The average Bonchev–Trinajstić information content (AvgIpc) is 2.15. The van der Waals surface area contributed by atoms with Crippen molar-refractivity contribution in [2.24, 2.45) is 0 Å². The summed E-state index contributed by atoms with van der Waals surface area (Å²) in [7, 11) is 0. The number of nitrogen functional groups attached to an aromatic ring is 1. The number of hydrogen-bond donors (Lipinski definition) is 1. The number of ether oxygens (including phenoxy) is 1. The Bertz CT molecular complexity index is 350. The van der Waals surface area contributed by atoms with Crippen molar-refractivity contribution in [3.63, 3.8) is 0 Å². The van der Waals surface area contributed by atoms with Crippen LogP contribution in [0.4, 0.5) is 5.69 Å². The molecule has 1 rings (SSSR count). The number of carbonyl (C=O) groups excluding carboxylic acids is 1. The fraction of sp³-hybridized carbons (Fsp3) is 0.182. The summed E-state index contributed by atoms with van der Waals surface area (Å²) in [6, 6.07) is 7.28. The maximum atomic E-state index is 11.0. The molecule has 3 nitrogen and oxygen atoms in total. The van der Waals surface area contributed by atoms with E-state index >= 15 is 0 Å². The highest BCUT2D eigenvalue weighted by Crippen LogP contribution is 2.07. The van der Waals surface area contributed by atoms with Crippen molar-refractivity contribution in [1.82, 2.24) is 0 Å². The van der Waals surface area contributed by atoms with E-state index < -0.39 is 0 Å². The summed E-state index contributed by atoms with van der Waals surface area (Å²) in [5, 5.41) is 0. The van der Waals surface area contributed by atoms with Crippen LogP contribution in [0, 0.1) is 0 Å². The molecule has 2 N–H and O–H groups in total. The highest BCUT2D eigenvalue weighted by Gasteiger charge is 1.93. The van der Waals surface area contributed by atoms with Crippen LogP contribution in [0.5, 0.6) is 0 Å². The summed E-state index contributed by atoms with van der Waals surface area (Å²) in [6.07, 6.45) is 3.06. The van der Waals surface area contributed by atoms with E-state index in [9.17, 15) is 4.79 Å². The molecule has 82 valence electrons. The Hall–Kier alpha value is -1.48. The van der Waals surface area contributed by atoms with Gasteiger partial charge in [-0.05, 0) is 30.7 Å². The van der Waals surface area contributed by atoms with Gasteiger partial charge in [0, 0.05) is 11.8 Å². The van der Waals surface area contributed by atoms with Gasteiger partial charge in [-0.3, -0.25) is 0 Å². The van der Waals surface area contributed by atoms with E-state index in [1.807, 2.05) is 12.1 Å². The zero-order chi connectivity index (χ0) is 10.4. The number of carbonyl (C=O) groups is 1. The van der Waals surface area contributed by atoms with Gasteiger partial charge in [-0.1, -0.05) is 12.1 Å². The van der Waals surface area contributed by atoms with Gasteiger partial charge in [0.1, 0.15) is 0 Å². The van der Waals surface area contributed by atoms with Crippen LogP contribution in [-0.4, -0.2) is 12.6 Å².